The molecule has 206 valence electrons. The Labute approximate surface area is 226 Å². The van der Waals surface area contributed by atoms with E-state index in [2.05, 4.69) is 0 Å². The van der Waals surface area contributed by atoms with Gasteiger partial charge in [-0.2, -0.15) is 0 Å². The fourth-order valence-corrected chi connectivity index (χ4v) is 4.52. The van der Waals surface area contributed by atoms with Crippen LogP contribution in [-0.4, -0.2) is 46.9 Å². The first kappa shape index (κ1) is 27.1. The first-order valence-corrected chi connectivity index (χ1v) is 13.1. The number of benzene rings is 2. The summed E-state index contributed by atoms with van der Waals surface area (Å²) in [6.07, 6.45) is 2.24. The number of rotatable bonds is 11. The Bertz CT molecular complexity index is 1370. The van der Waals surface area contributed by atoms with Crippen LogP contribution in [0.2, 0.25) is 0 Å². The third kappa shape index (κ3) is 5.90. The summed E-state index contributed by atoms with van der Waals surface area (Å²) in [6.45, 7) is 3.60. The lowest BCUT2D eigenvalue weighted by Crippen LogP contribution is -2.35. The van der Waals surface area contributed by atoms with Crippen LogP contribution in [0.1, 0.15) is 61.1 Å². The van der Waals surface area contributed by atoms with Crippen LogP contribution in [0.25, 0.3) is 11.3 Å². The topological polar surface area (TPSA) is 124 Å². The lowest BCUT2D eigenvalue weighted by atomic mass is 9.88. The summed E-state index contributed by atoms with van der Waals surface area (Å²) in [5.74, 6) is 0.885. The molecular formula is C30H33FN2O6. The normalized spacial score (nSPS) is 19.6. The molecule has 4 N–H and O–H groups in total. The minimum atomic E-state index is -1.47. The number of ketones is 1. The maximum atomic E-state index is 13.6. The monoisotopic (exact) mass is 536 g/mol. The Morgan fingerprint density at radius 2 is 1.95 bits per heavy atom. The number of aliphatic hydroxyl groups is 2. The van der Waals surface area contributed by atoms with Gasteiger partial charge in [-0.3, -0.25) is 4.79 Å². The highest BCUT2D eigenvalue weighted by molar-refractivity contribution is 5.96. The molecule has 9 heteroatoms. The molecule has 0 radical (unpaired) electrons. The van der Waals surface area contributed by atoms with Crippen molar-refractivity contribution < 1.29 is 33.6 Å². The van der Waals surface area contributed by atoms with Crippen LogP contribution < -0.4 is 19.9 Å². The highest BCUT2D eigenvalue weighted by atomic mass is 19.1. The van der Waals surface area contributed by atoms with Gasteiger partial charge in [-0.05, 0) is 81.6 Å². The molecule has 1 aliphatic heterocycles. The van der Waals surface area contributed by atoms with Crippen LogP contribution in [0.5, 0.6) is 17.2 Å². The predicted octanol–water partition coefficient (Wildman–Crippen LogP) is 4.24. The third-order valence-electron chi connectivity index (χ3n) is 7.05. The average molecular weight is 537 g/mol. The first-order valence-electron chi connectivity index (χ1n) is 13.1. The SMILES string of the molecule is C[C@](O)(CCC(=O)c1ccc(OC2CC2)c(OCCO)c1)c1cc2c(c(-c3ccc(F)cc3)n1)OC[C@@]2(C)N. The van der Waals surface area contributed by atoms with E-state index in [1.54, 1.807) is 43.3 Å². The zero-order valence-corrected chi connectivity index (χ0v) is 22.1. The van der Waals surface area contributed by atoms with E-state index in [9.17, 15) is 14.3 Å². The van der Waals surface area contributed by atoms with Crippen molar-refractivity contribution >= 4 is 5.78 Å². The largest absolute Gasteiger partial charge is 0.489 e. The quantitative estimate of drug-likeness (QED) is 0.311. The van der Waals surface area contributed by atoms with Gasteiger partial charge in [0.15, 0.2) is 23.0 Å². The highest BCUT2D eigenvalue weighted by Gasteiger charge is 2.38. The number of ether oxygens (including phenoxy) is 3. The van der Waals surface area contributed by atoms with Gasteiger partial charge in [-0.25, -0.2) is 9.37 Å². The molecule has 2 aliphatic rings. The third-order valence-corrected chi connectivity index (χ3v) is 7.05. The maximum Gasteiger partial charge on any atom is 0.163 e. The second-order valence-corrected chi connectivity index (χ2v) is 10.7. The molecule has 1 aromatic heterocycles. The van der Waals surface area contributed by atoms with Crippen molar-refractivity contribution in [1.82, 2.24) is 4.98 Å². The lowest BCUT2D eigenvalue weighted by Gasteiger charge is -2.25. The zero-order chi connectivity index (χ0) is 27.8. The van der Waals surface area contributed by atoms with Gasteiger partial charge in [-0.1, -0.05) is 0 Å². The molecule has 2 aromatic carbocycles. The standard InChI is InChI=1S/C30H33FN2O6/c1-29(32)17-38-28-22(29)16-26(33-27(28)18-3-6-20(31)7-4-18)30(2,36)12-11-23(35)19-5-10-24(39-21-8-9-21)25(15-19)37-14-13-34/h3-7,10,15-16,21,34,36H,8-9,11-14,17,32H2,1-2H3/t29-,30+/m1/s1. The van der Waals surface area contributed by atoms with Crippen LogP contribution in [0.15, 0.2) is 48.5 Å². The van der Waals surface area contributed by atoms with Gasteiger partial charge >= 0.3 is 0 Å². The first-order chi connectivity index (χ1) is 18.6. The Morgan fingerprint density at radius 3 is 2.64 bits per heavy atom. The van der Waals surface area contributed by atoms with E-state index >= 15 is 0 Å². The van der Waals surface area contributed by atoms with Crippen LogP contribution in [-0.2, 0) is 11.1 Å². The van der Waals surface area contributed by atoms with E-state index < -0.39 is 11.1 Å². The smallest absolute Gasteiger partial charge is 0.163 e. The second kappa shape index (κ2) is 10.6. The second-order valence-electron chi connectivity index (χ2n) is 10.7. The molecule has 1 fully saturated rings. The number of carbonyl (C=O) groups is 1. The zero-order valence-electron chi connectivity index (χ0n) is 22.1. The van der Waals surface area contributed by atoms with Crippen molar-refractivity contribution in [3.8, 4) is 28.5 Å². The van der Waals surface area contributed by atoms with Gasteiger partial charge in [0, 0.05) is 23.1 Å². The highest BCUT2D eigenvalue weighted by Crippen LogP contribution is 2.44. The molecule has 1 saturated carbocycles. The maximum absolute atomic E-state index is 13.6. The molecule has 5 rings (SSSR count). The molecule has 1 aliphatic carbocycles. The van der Waals surface area contributed by atoms with E-state index in [0.717, 1.165) is 12.8 Å². The summed E-state index contributed by atoms with van der Waals surface area (Å²) < 4.78 is 30.9. The van der Waals surface area contributed by atoms with Crippen molar-refractivity contribution in [1.29, 1.82) is 0 Å². The number of pyridine rings is 1. The minimum Gasteiger partial charge on any atom is -0.489 e. The van der Waals surface area contributed by atoms with E-state index in [1.807, 2.05) is 6.92 Å². The number of aliphatic hydroxyl groups excluding tert-OH is 1. The molecule has 2 heterocycles. The summed E-state index contributed by atoms with van der Waals surface area (Å²) in [5, 5.41) is 20.7. The molecule has 8 nitrogen and oxygen atoms in total. The number of hydrogen-bond acceptors (Lipinski definition) is 8. The Balaban J connectivity index is 1.38. The molecule has 0 bridgehead atoms. The van der Waals surface area contributed by atoms with Crippen LogP contribution in [0.4, 0.5) is 4.39 Å². The molecule has 0 saturated heterocycles. The summed E-state index contributed by atoms with van der Waals surface area (Å²) in [7, 11) is 0. The Morgan fingerprint density at radius 1 is 1.21 bits per heavy atom. The van der Waals surface area contributed by atoms with Crippen molar-refractivity contribution in [3.05, 3.63) is 71.2 Å². The number of Topliss-reactive ketones (excluding diaryl/α,β-unsaturated/α-hetero) is 1. The molecule has 39 heavy (non-hydrogen) atoms. The summed E-state index contributed by atoms with van der Waals surface area (Å²) in [5.41, 5.74) is 6.74. The molecular weight excluding hydrogens is 503 g/mol. The number of fused-ring (bicyclic) bond motifs is 1. The summed E-state index contributed by atoms with van der Waals surface area (Å²) in [6, 6.07) is 12.6. The lowest BCUT2D eigenvalue weighted by molar-refractivity contribution is 0.0396. The van der Waals surface area contributed by atoms with Gasteiger partial charge in [0.1, 0.15) is 30.3 Å². The van der Waals surface area contributed by atoms with Gasteiger partial charge in [0.25, 0.3) is 0 Å². The Kier molecular flexibility index (Phi) is 7.33. The van der Waals surface area contributed by atoms with Gasteiger partial charge < -0.3 is 30.2 Å². The predicted molar refractivity (Wildman–Crippen MR) is 142 cm³/mol. The van der Waals surface area contributed by atoms with Crippen LogP contribution in [0, 0.1) is 5.82 Å². The van der Waals surface area contributed by atoms with Crippen molar-refractivity contribution in [2.24, 2.45) is 5.73 Å². The van der Waals surface area contributed by atoms with Crippen molar-refractivity contribution in [3.63, 3.8) is 0 Å². The number of nitrogens with zero attached hydrogens (tertiary/aromatic N) is 1. The molecule has 3 aromatic rings. The number of halogens is 1. The van der Waals surface area contributed by atoms with Crippen molar-refractivity contribution in [2.45, 2.75) is 56.8 Å². The van der Waals surface area contributed by atoms with E-state index in [1.165, 1.54) is 12.1 Å². The molecule has 0 unspecified atom stereocenters. The van der Waals surface area contributed by atoms with Gasteiger partial charge in [0.05, 0.1) is 23.9 Å². The van der Waals surface area contributed by atoms with E-state index in [4.69, 9.17) is 30.0 Å². The van der Waals surface area contributed by atoms with Gasteiger partial charge in [0.2, 0.25) is 0 Å². The summed E-state index contributed by atoms with van der Waals surface area (Å²) >= 11 is 0. The molecule has 2 atom stereocenters. The Hall–Kier alpha value is -3.53. The van der Waals surface area contributed by atoms with Gasteiger partial charge in [-0.15, -0.1) is 0 Å². The number of hydrogen-bond donors (Lipinski definition) is 3. The number of nitrogens with two attached hydrogens (primary N) is 1. The number of aromatic nitrogens is 1. The summed E-state index contributed by atoms with van der Waals surface area (Å²) in [4.78, 5) is 17.9. The van der Waals surface area contributed by atoms with E-state index in [-0.39, 0.29) is 50.4 Å². The minimum absolute atomic E-state index is 0.0380. The number of carbonyl (C=O) groups excluding carboxylic acids is 1. The fraction of sp³-hybridized carbons (Fsp3) is 0.400. The molecule has 0 amide bonds. The van der Waals surface area contributed by atoms with E-state index in [0.29, 0.717) is 45.3 Å². The van der Waals surface area contributed by atoms with Crippen LogP contribution in [0.3, 0.4) is 0 Å². The molecule has 0 spiro atoms. The average Bonchev–Trinajstić information content (AvgIpc) is 3.68. The van der Waals surface area contributed by atoms with Crippen LogP contribution >= 0.6 is 0 Å². The fourth-order valence-electron chi connectivity index (χ4n) is 4.52. The van der Waals surface area contributed by atoms with Crippen molar-refractivity contribution in [2.75, 3.05) is 19.8 Å².